The molecule has 2 atom stereocenters. The largest absolute Gasteiger partial charge is 0.349 e. The first-order chi connectivity index (χ1) is 11.9. The van der Waals surface area contributed by atoms with Gasteiger partial charge in [0.05, 0.1) is 11.2 Å². The van der Waals surface area contributed by atoms with Gasteiger partial charge in [0.1, 0.15) is 16.8 Å². The van der Waals surface area contributed by atoms with E-state index in [0.717, 1.165) is 28.6 Å². The molecule has 0 amide bonds. The van der Waals surface area contributed by atoms with Crippen LogP contribution in [0.3, 0.4) is 0 Å². The summed E-state index contributed by atoms with van der Waals surface area (Å²) < 4.78 is 30.1. The first-order valence-electron chi connectivity index (χ1n) is 8.31. The lowest BCUT2D eigenvalue weighted by atomic mass is 9.74. The normalized spacial score (nSPS) is 15.1. The minimum Gasteiger partial charge on any atom is -0.349 e. The third-order valence-electron chi connectivity index (χ3n) is 5.04. The van der Waals surface area contributed by atoms with Crippen molar-refractivity contribution < 1.29 is 8.60 Å². The smallest absolute Gasteiger partial charge is 0.123 e. The minimum absolute atomic E-state index is 0.225. The number of hydrogen-bond acceptors (Lipinski definition) is 1. The monoisotopic (exact) mass is 358 g/mol. The molecule has 1 aromatic heterocycles. The average molecular weight is 358 g/mol. The highest BCUT2D eigenvalue weighted by molar-refractivity contribution is 7.85. The zero-order valence-electron chi connectivity index (χ0n) is 15.0. The molecule has 0 aliphatic rings. The van der Waals surface area contributed by atoms with E-state index in [0.29, 0.717) is 0 Å². The fourth-order valence-corrected chi connectivity index (χ4v) is 3.99. The van der Waals surface area contributed by atoms with Crippen LogP contribution < -0.4 is 4.72 Å². The van der Waals surface area contributed by atoms with Crippen LogP contribution in [0.15, 0.2) is 48.7 Å². The highest BCUT2D eigenvalue weighted by Crippen LogP contribution is 2.41. The molecule has 2 unspecified atom stereocenters. The number of nitrogens with one attached hydrogen (secondary N) is 1. The van der Waals surface area contributed by atoms with Crippen molar-refractivity contribution in [1.29, 1.82) is 0 Å². The lowest BCUT2D eigenvalue weighted by Gasteiger charge is -2.29. The van der Waals surface area contributed by atoms with Gasteiger partial charge >= 0.3 is 0 Å². The molecule has 0 saturated carbocycles. The summed E-state index contributed by atoms with van der Waals surface area (Å²) in [6.07, 6.45) is 4.63. The fourth-order valence-electron chi connectivity index (χ4n) is 3.51. The molecule has 0 fully saturated rings. The van der Waals surface area contributed by atoms with Crippen LogP contribution in [-0.2, 0) is 23.4 Å². The molecule has 3 nitrogen and oxygen atoms in total. The summed E-state index contributed by atoms with van der Waals surface area (Å²) >= 11 is 0. The number of halogens is 1. The van der Waals surface area contributed by atoms with Crippen molar-refractivity contribution >= 4 is 27.6 Å². The second-order valence-corrected chi connectivity index (χ2v) is 7.72. The van der Waals surface area contributed by atoms with Crippen LogP contribution in [-0.4, -0.2) is 15.0 Å². The van der Waals surface area contributed by atoms with E-state index in [9.17, 15) is 8.60 Å². The molecule has 3 rings (SSSR count). The van der Waals surface area contributed by atoms with Gasteiger partial charge in [-0.3, -0.25) is 0 Å². The fraction of sp³-hybridized carbons (Fsp3) is 0.300. The van der Waals surface area contributed by atoms with Gasteiger partial charge in [0.15, 0.2) is 0 Å². The third-order valence-corrected chi connectivity index (χ3v) is 5.55. The number of rotatable bonds is 5. The van der Waals surface area contributed by atoms with E-state index in [1.165, 1.54) is 17.7 Å². The molecule has 0 aliphatic heterocycles. The van der Waals surface area contributed by atoms with E-state index in [1.54, 1.807) is 6.26 Å². The van der Waals surface area contributed by atoms with Crippen molar-refractivity contribution in [2.75, 3.05) is 11.0 Å². The summed E-state index contributed by atoms with van der Waals surface area (Å²) in [5.74, 6) is -0.225. The molecule has 0 aliphatic carbocycles. The van der Waals surface area contributed by atoms with Crippen LogP contribution in [0.1, 0.15) is 31.4 Å². The number of anilines is 1. The van der Waals surface area contributed by atoms with Crippen molar-refractivity contribution in [2.45, 2.75) is 25.7 Å². The maximum absolute atomic E-state index is 13.4. The molecular formula is C20H23FN2OS. The number of hydrogen-bond donors (Lipinski definition) is 1. The Kier molecular flexibility index (Phi) is 4.69. The molecule has 132 valence electrons. The summed E-state index contributed by atoms with van der Waals surface area (Å²) in [6, 6.07) is 12.8. The molecule has 25 heavy (non-hydrogen) atoms. The quantitative estimate of drug-likeness (QED) is 0.702. The van der Waals surface area contributed by atoms with Crippen LogP contribution in [0, 0.1) is 5.82 Å². The Labute approximate surface area is 150 Å². The van der Waals surface area contributed by atoms with Gasteiger partial charge in [0.25, 0.3) is 0 Å². The number of aryl methyl sites for hydroxylation is 1. The van der Waals surface area contributed by atoms with Gasteiger partial charge in [0, 0.05) is 30.3 Å². The molecule has 0 spiro atoms. The number of nitrogens with zero attached hydrogens (tertiary/aromatic N) is 1. The maximum atomic E-state index is 13.4. The van der Waals surface area contributed by atoms with Gasteiger partial charge in [-0.15, -0.1) is 0 Å². The SMILES string of the molecule is CCC(C)(c1ccc(F)cc1)c1cn(C)c2c(NS(C)=O)cccc12. The van der Waals surface area contributed by atoms with Crippen LogP contribution in [0.5, 0.6) is 0 Å². The number of para-hydroxylation sites is 1. The second kappa shape index (κ2) is 6.64. The Balaban J connectivity index is 2.23. The molecule has 3 aromatic rings. The summed E-state index contributed by atoms with van der Waals surface area (Å²) in [4.78, 5) is 0. The van der Waals surface area contributed by atoms with Gasteiger partial charge < -0.3 is 9.29 Å². The van der Waals surface area contributed by atoms with Crippen LogP contribution >= 0.6 is 0 Å². The topological polar surface area (TPSA) is 34.0 Å². The van der Waals surface area contributed by atoms with Crippen LogP contribution in [0.2, 0.25) is 0 Å². The van der Waals surface area contributed by atoms with Crippen molar-refractivity contribution in [1.82, 2.24) is 4.57 Å². The van der Waals surface area contributed by atoms with Crippen LogP contribution in [0.4, 0.5) is 10.1 Å². The van der Waals surface area contributed by atoms with E-state index in [1.807, 2.05) is 31.3 Å². The number of fused-ring (bicyclic) bond motifs is 1. The van der Waals surface area contributed by atoms with Crippen molar-refractivity contribution in [3.05, 3.63) is 65.6 Å². The molecule has 5 heteroatoms. The van der Waals surface area contributed by atoms with Crippen molar-refractivity contribution in [2.24, 2.45) is 7.05 Å². The number of aromatic nitrogens is 1. The Morgan fingerprint density at radius 2 is 1.88 bits per heavy atom. The number of benzene rings is 2. The van der Waals surface area contributed by atoms with Crippen LogP contribution in [0.25, 0.3) is 10.9 Å². The van der Waals surface area contributed by atoms with E-state index in [4.69, 9.17) is 0 Å². The Morgan fingerprint density at radius 3 is 2.48 bits per heavy atom. The summed E-state index contributed by atoms with van der Waals surface area (Å²) in [5.41, 5.74) is 3.90. The first-order valence-corrected chi connectivity index (χ1v) is 9.87. The Bertz CT molecular complexity index is 933. The molecule has 1 N–H and O–H groups in total. The average Bonchev–Trinajstić information content (AvgIpc) is 2.93. The zero-order valence-corrected chi connectivity index (χ0v) is 15.8. The predicted octanol–water partition coefficient (Wildman–Crippen LogP) is 4.74. The van der Waals surface area contributed by atoms with E-state index in [-0.39, 0.29) is 11.2 Å². The maximum Gasteiger partial charge on any atom is 0.123 e. The zero-order chi connectivity index (χ0) is 18.2. The third kappa shape index (κ3) is 3.09. The highest BCUT2D eigenvalue weighted by Gasteiger charge is 2.30. The lowest BCUT2D eigenvalue weighted by Crippen LogP contribution is -2.22. The minimum atomic E-state index is -1.14. The molecule has 2 aromatic carbocycles. The van der Waals surface area contributed by atoms with E-state index in [2.05, 4.69) is 35.4 Å². The van der Waals surface area contributed by atoms with Crippen molar-refractivity contribution in [3.63, 3.8) is 0 Å². The van der Waals surface area contributed by atoms with Gasteiger partial charge in [-0.25, -0.2) is 8.60 Å². The molecule has 0 radical (unpaired) electrons. The Morgan fingerprint density at radius 1 is 1.20 bits per heavy atom. The predicted molar refractivity (Wildman–Crippen MR) is 104 cm³/mol. The summed E-state index contributed by atoms with van der Waals surface area (Å²) in [5, 5.41) is 1.12. The lowest BCUT2D eigenvalue weighted by molar-refractivity contribution is 0.549. The van der Waals surface area contributed by atoms with E-state index < -0.39 is 11.0 Å². The van der Waals surface area contributed by atoms with Gasteiger partial charge in [0.2, 0.25) is 0 Å². The molecule has 0 bridgehead atoms. The highest BCUT2D eigenvalue weighted by atomic mass is 32.2. The second-order valence-electron chi connectivity index (χ2n) is 6.60. The molecular weight excluding hydrogens is 335 g/mol. The summed E-state index contributed by atoms with van der Waals surface area (Å²) in [6.45, 7) is 4.33. The van der Waals surface area contributed by atoms with Crippen molar-refractivity contribution in [3.8, 4) is 0 Å². The molecule has 1 heterocycles. The van der Waals surface area contributed by atoms with E-state index >= 15 is 0 Å². The summed E-state index contributed by atoms with van der Waals surface area (Å²) in [7, 11) is 0.858. The first kappa shape index (κ1) is 17.7. The Hall–Kier alpha value is -2.14. The van der Waals surface area contributed by atoms with Gasteiger partial charge in [-0.05, 0) is 35.7 Å². The van der Waals surface area contributed by atoms with Gasteiger partial charge in [-0.1, -0.05) is 38.1 Å². The molecule has 0 saturated heterocycles. The standard InChI is InChI=1S/C20H23FN2OS/c1-5-20(2,14-9-11-15(21)12-10-14)17-13-23(3)19-16(17)7-6-8-18(19)22-25(4)24/h6-13,22H,5H2,1-4H3. The van der Waals surface area contributed by atoms with Gasteiger partial charge in [-0.2, -0.15) is 0 Å².